The Balaban J connectivity index is 2.44. The first-order valence-electron chi connectivity index (χ1n) is 6.03. The highest BCUT2D eigenvalue weighted by Crippen LogP contribution is 2.24. The van der Waals surface area contributed by atoms with Crippen molar-refractivity contribution in [2.45, 2.75) is 24.5 Å². The molecule has 0 heterocycles. The van der Waals surface area contributed by atoms with E-state index in [2.05, 4.69) is 0 Å². The summed E-state index contributed by atoms with van der Waals surface area (Å²) in [6.45, 7) is 3.76. The third-order valence-corrected chi connectivity index (χ3v) is 4.83. The zero-order chi connectivity index (χ0) is 14.0. The highest BCUT2D eigenvalue weighted by atomic mass is 32.2. The summed E-state index contributed by atoms with van der Waals surface area (Å²) < 4.78 is 24.9. The Kier molecular flexibility index (Phi) is 3.62. The highest BCUT2D eigenvalue weighted by Gasteiger charge is 2.19. The first kappa shape index (κ1) is 13.6. The SMILES string of the molecule is Cc1ccc(N)c(S(=O)(=O)Cc2ccccc2C)c1. The molecular weight excluding hydrogens is 258 g/mol. The van der Waals surface area contributed by atoms with Crippen molar-refractivity contribution in [3.05, 3.63) is 59.2 Å². The fraction of sp³-hybridized carbons (Fsp3) is 0.200. The number of hydrogen-bond donors (Lipinski definition) is 1. The Morgan fingerprint density at radius 3 is 2.42 bits per heavy atom. The predicted octanol–water partition coefficient (Wildman–Crippen LogP) is 2.86. The van der Waals surface area contributed by atoms with Crippen LogP contribution in [0.1, 0.15) is 16.7 Å². The number of anilines is 1. The molecule has 0 saturated heterocycles. The van der Waals surface area contributed by atoms with E-state index in [0.717, 1.165) is 16.7 Å². The van der Waals surface area contributed by atoms with Crippen molar-refractivity contribution in [1.29, 1.82) is 0 Å². The van der Waals surface area contributed by atoms with Gasteiger partial charge in [-0.15, -0.1) is 0 Å². The minimum atomic E-state index is -3.41. The summed E-state index contributed by atoms with van der Waals surface area (Å²) >= 11 is 0. The third kappa shape index (κ3) is 2.96. The molecule has 0 amide bonds. The molecule has 0 spiro atoms. The summed E-state index contributed by atoms with van der Waals surface area (Å²) in [4.78, 5) is 0.218. The van der Waals surface area contributed by atoms with Crippen LogP contribution >= 0.6 is 0 Å². The molecule has 0 aliphatic carbocycles. The number of aryl methyl sites for hydroxylation is 2. The number of rotatable bonds is 3. The molecule has 3 nitrogen and oxygen atoms in total. The van der Waals surface area contributed by atoms with Crippen molar-refractivity contribution < 1.29 is 8.42 Å². The van der Waals surface area contributed by atoms with Crippen LogP contribution in [0.15, 0.2) is 47.4 Å². The van der Waals surface area contributed by atoms with Crippen LogP contribution in [0.4, 0.5) is 5.69 Å². The first-order valence-corrected chi connectivity index (χ1v) is 7.69. The van der Waals surface area contributed by atoms with Crippen LogP contribution < -0.4 is 5.73 Å². The molecule has 0 aliphatic heterocycles. The second kappa shape index (κ2) is 5.05. The monoisotopic (exact) mass is 275 g/mol. The van der Waals surface area contributed by atoms with E-state index < -0.39 is 9.84 Å². The lowest BCUT2D eigenvalue weighted by Crippen LogP contribution is -2.09. The van der Waals surface area contributed by atoms with Gasteiger partial charge in [0.1, 0.15) is 0 Å². The van der Waals surface area contributed by atoms with E-state index in [9.17, 15) is 8.42 Å². The Morgan fingerprint density at radius 1 is 1.05 bits per heavy atom. The van der Waals surface area contributed by atoms with Gasteiger partial charge >= 0.3 is 0 Å². The average molecular weight is 275 g/mol. The van der Waals surface area contributed by atoms with Crippen LogP contribution in [0.5, 0.6) is 0 Å². The number of nitrogens with two attached hydrogens (primary N) is 1. The lowest BCUT2D eigenvalue weighted by Gasteiger charge is -2.10. The molecule has 0 aliphatic rings. The molecule has 2 rings (SSSR count). The van der Waals surface area contributed by atoms with Gasteiger partial charge in [-0.3, -0.25) is 0 Å². The van der Waals surface area contributed by atoms with Crippen molar-refractivity contribution in [3.63, 3.8) is 0 Å². The molecule has 0 atom stereocenters. The van der Waals surface area contributed by atoms with Gasteiger partial charge < -0.3 is 5.73 Å². The van der Waals surface area contributed by atoms with Gasteiger partial charge in [-0.1, -0.05) is 30.3 Å². The molecule has 0 bridgehead atoms. The second-order valence-electron chi connectivity index (χ2n) is 4.73. The Morgan fingerprint density at radius 2 is 1.74 bits per heavy atom. The molecule has 0 fully saturated rings. The van der Waals surface area contributed by atoms with Crippen LogP contribution in [-0.4, -0.2) is 8.42 Å². The van der Waals surface area contributed by atoms with E-state index in [1.165, 1.54) is 0 Å². The summed E-state index contributed by atoms with van der Waals surface area (Å²) in [7, 11) is -3.41. The molecule has 0 radical (unpaired) electrons. The summed E-state index contributed by atoms with van der Waals surface area (Å²) in [6, 6.07) is 12.6. The Hall–Kier alpha value is -1.81. The minimum Gasteiger partial charge on any atom is -0.398 e. The minimum absolute atomic E-state index is 0.0205. The smallest absolute Gasteiger partial charge is 0.184 e. The van der Waals surface area contributed by atoms with Gasteiger partial charge in [-0.05, 0) is 42.7 Å². The molecule has 4 heteroatoms. The molecular formula is C15H17NO2S. The molecule has 2 aromatic carbocycles. The van der Waals surface area contributed by atoms with Crippen molar-refractivity contribution in [3.8, 4) is 0 Å². The van der Waals surface area contributed by atoms with Crippen LogP contribution in [0.25, 0.3) is 0 Å². The van der Waals surface area contributed by atoms with E-state index in [1.807, 2.05) is 44.2 Å². The third-order valence-electron chi connectivity index (χ3n) is 3.11. The average Bonchev–Trinajstić information content (AvgIpc) is 2.35. The topological polar surface area (TPSA) is 60.2 Å². The quantitative estimate of drug-likeness (QED) is 0.876. The predicted molar refractivity (Wildman–Crippen MR) is 77.7 cm³/mol. The van der Waals surface area contributed by atoms with E-state index in [4.69, 9.17) is 5.73 Å². The molecule has 0 unspecified atom stereocenters. The summed E-state index contributed by atoms with van der Waals surface area (Å²) in [5, 5.41) is 0. The van der Waals surface area contributed by atoms with E-state index in [-0.39, 0.29) is 10.6 Å². The summed E-state index contributed by atoms with van der Waals surface area (Å²) in [5.74, 6) is -0.0205. The van der Waals surface area contributed by atoms with Gasteiger partial charge in [0.2, 0.25) is 0 Å². The van der Waals surface area contributed by atoms with Crippen LogP contribution in [-0.2, 0) is 15.6 Å². The van der Waals surface area contributed by atoms with E-state index in [1.54, 1.807) is 12.1 Å². The molecule has 0 saturated carbocycles. The number of benzene rings is 2. The maximum atomic E-state index is 12.4. The summed E-state index contributed by atoms with van der Waals surface area (Å²) in [6.07, 6.45) is 0. The van der Waals surface area contributed by atoms with Gasteiger partial charge in [-0.2, -0.15) is 0 Å². The lowest BCUT2D eigenvalue weighted by atomic mass is 10.1. The maximum Gasteiger partial charge on any atom is 0.184 e. The largest absolute Gasteiger partial charge is 0.398 e. The molecule has 0 aromatic heterocycles. The standard InChI is InChI=1S/C15H17NO2S/c1-11-7-8-14(16)15(9-11)19(17,18)10-13-6-4-3-5-12(13)2/h3-9H,10,16H2,1-2H3. The molecule has 19 heavy (non-hydrogen) atoms. The van der Waals surface area contributed by atoms with E-state index in [0.29, 0.717) is 5.69 Å². The highest BCUT2D eigenvalue weighted by molar-refractivity contribution is 7.90. The zero-order valence-corrected chi connectivity index (χ0v) is 11.9. The Bertz CT molecular complexity index is 706. The number of hydrogen-bond acceptors (Lipinski definition) is 3. The van der Waals surface area contributed by atoms with Gasteiger partial charge in [0.25, 0.3) is 0 Å². The van der Waals surface area contributed by atoms with Gasteiger partial charge in [-0.25, -0.2) is 8.42 Å². The van der Waals surface area contributed by atoms with Crippen molar-refractivity contribution in [1.82, 2.24) is 0 Å². The van der Waals surface area contributed by atoms with Crippen LogP contribution in [0, 0.1) is 13.8 Å². The fourth-order valence-electron chi connectivity index (χ4n) is 1.97. The lowest BCUT2D eigenvalue weighted by molar-refractivity contribution is 0.595. The van der Waals surface area contributed by atoms with Crippen molar-refractivity contribution in [2.75, 3.05) is 5.73 Å². The van der Waals surface area contributed by atoms with E-state index >= 15 is 0 Å². The summed E-state index contributed by atoms with van der Waals surface area (Å²) in [5.41, 5.74) is 8.76. The first-order chi connectivity index (χ1) is 8.90. The second-order valence-corrected chi connectivity index (χ2v) is 6.68. The van der Waals surface area contributed by atoms with Crippen LogP contribution in [0.2, 0.25) is 0 Å². The normalized spacial score (nSPS) is 11.5. The van der Waals surface area contributed by atoms with Crippen molar-refractivity contribution in [2.24, 2.45) is 0 Å². The molecule has 2 N–H and O–H groups in total. The van der Waals surface area contributed by atoms with Gasteiger partial charge in [0.15, 0.2) is 9.84 Å². The number of sulfone groups is 1. The van der Waals surface area contributed by atoms with Gasteiger partial charge in [0, 0.05) is 0 Å². The molecule has 100 valence electrons. The molecule has 2 aromatic rings. The van der Waals surface area contributed by atoms with Crippen molar-refractivity contribution >= 4 is 15.5 Å². The Labute approximate surface area is 114 Å². The number of nitrogen functional groups attached to an aromatic ring is 1. The zero-order valence-electron chi connectivity index (χ0n) is 11.1. The maximum absolute atomic E-state index is 12.4. The van der Waals surface area contributed by atoms with Gasteiger partial charge in [0.05, 0.1) is 16.3 Å². The fourth-order valence-corrected chi connectivity index (χ4v) is 3.65. The van der Waals surface area contributed by atoms with Crippen LogP contribution in [0.3, 0.4) is 0 Å².